The van der Waals surface area contributed by atoms with Crippen molar-refractivity contribution >= 4 is 12.1 Å². The van der Waals surface area contributed by atoms with E-state index in [2.05, 4.69) is 4.90 Å². The molecule has 0 atom stereocenters. The average molecular weight is 439 g/mol. The van der Waals surface area contributed by atoms with Crippen LogP contribution < -0.4 is 4.74 Å². The van der Waals surface area contributed by atoms with Crippen LogP contribution in [0.4, 0.5) is 9.18 Å². The summed E-state index contributed by atoms with van der Waals surface area (Å²) >= 11 is 0. The maximum atomic E-state index is 14.8. The quantitative estimate of drug-likeness (QED) is 0.650. The summed E-state index contributed by atoms with van der Waals surface area (Å²) < 4.78 is 31.0. The summed E-state index contributed by atoms with van der Waals surface area (Å²) in [6.07, 6.45) is -0.324. The third-order valence-electron chi connectivity index (χ3n) is 4.54. The van der Waals surface area contributed by atoms with Crippen LogP contribution in [0.15, 0.2) is 12.1 Å². The van der Waals surface area contributed by atoms with E-state index < -0.39 is 23.0 Å². The van der Waals surface area contributed by atoms with Crippen molar-refractivity contribution < 1.29 is 28.2 Å². The smallest absolute Gasteiger partial charge is 0.410 e. The van der Waals surface area contributed by atoms with Gasteiger partial charge in [0, 0.05) is 38.3 Å². The van der Waals surface area contributed by atoms with Gasteiger partial charge in [-0.2, -0.15) is 0 Å². The number of ether oxygens (including phenoxy) is 3. The van der Waals surface area contributed by atoms with Crippen LogP contribution in [-0.4, -0.2) is 65.9 Å². The number of rotatable bonds is 5. The maximum Gasteiger partial charge on any atom is 0.410 e. The molecule has 0 radical (unpaired) electrons. The molecule has 1 aromatic carbocycles. The number of nitrogens with zero attached hydrogens (tertiary/aromatic N) is 2. The zero-order valence-corrected chi connectivity index (χ0v) is 19.7. The Morgan fingerprint density at radius 1 is 0.968 bits per heavy atom. The molecular weight excluding hydrogens is 403 g/mol. The topological polar surface area (TPSA) is 68.3 Å². The molecule has 0 bridgehead atoms. The molecule has 1 aromatic rings. The Hall–Kier alpha value is -2.35. The Bertz CT molecular complexity index is 790. The Balaban J connectivity index is 2.00. The number of carbonyl (C=O) groups excluding carboxylic acids is 2. The van der Waals surface area contributed by atoms with E-state index in [1.54, 1.807) is 38.7 Å². The largest absolute Gasteiger partial charge is 0.478 e. The second kappa shape index (κ2) is 9.85. The molecular formula is C23H35FN2O5. The van der Waals surface area contributed by atoms with E-state index in [1.165, 1.54) is 0 Å². The summed E-state index contributed by atoms with van der Waals surface area (Å²) in [4.78, 5) is 28.0. The molecule has 0 aromatic heterocycles. The number of benzene rings is 1. The summed E-state index contributed by atoms with van der Waals surface area (Å²) in [7, 11) is 0. The van der Waals surface area contributed by atoms with Gasteiger partial charge in [-0.1, -0.05) is 12.1 Å². The highest BCUT2D eigenvalue weighted by Crippen LogP contribution is 2.27. The first-order chi connectivity index (χ1) is 14.2. The van der Waals surface area contributed by atoms with Gasteiger partial charge in [0.2, 0.25) is 0 Å². The van der Waals surface area contributed by atoms with Crippen molar-refractivity contribution in [1.82, 2.24) is 9.80 Å². The van der Waals surface area contributed by atoms with Crippen LogP contribution in [0.2, 0.25) is 0 Å². The number of piperazine rings is 1. The van der Waals surface area contributed by atoms with Gasteiger partial charge in [-0.3, -0.25) is 4.90 Å². The van der Waals surface area contributed by atoms with Gasteiger partial charge in [0.1, 0.15) is 11.2 Å². The number of esters is 1. The standard InChI is InChI=1S/C23H35FN2O5/c1-16-8-9-17(20(19(16)24)29-15-18(27)30-22(2,3)4)14-25-10-12-26(13-11-25)21(28)31-23(5,6)7/h8-9H,10-15H2,1-7H3. The summed E-state index contributed by atoms with van der Waals surface area (Å²) in [5.74, 6) is -0.959. The number of amides is 1. The number of carbonyl (C=O) groups is 2. The summed E-state index contributed by atoms with van der Waals surface area (Å²) in [5.41, 5.74) is -0.0777. The molecule has 8 heteroatoms. The van der Waals surface area contributed by atoms with E-state index in [0.29, 0.717) is 43.9 Å². The van der Waals surface area contributed by atoms with Crippen molar-refractivity contribution in [3.05, 3.63) is 29.1 Å². The van der Waals surface area contributed by atoms with Crippen molar-refractivity contribution in [2.75, 3.05) is 32.8 Å². The van der Waals surface area contributed by atoms with E-state index in [1.807, 2.05) is 26.8 Å². The highest BCUT2D eigenvalue weighted by Gasteiger charge is 2.27. The molecule has 1 fully saturated rings. The Morgan fingerprint density at radius 3 is 2.10 bits per heavy atom. The SMILES string of the molecule is Cc1ccc(CN2CCN(C(=O)OC(C)(C)C)CC2)c(OCC(=O)OC(C)(C)C)c1F. The summed E-state index contributed by atoms with van der Waals surface area (Å²) in [5, 5.41) is 0. The monoisotopic (exact) mass is 438 g/mol. The van der Waals surface area contributed by atoms with Crippen LogP contribution in [0, 0.1) is 12.7 Å². The van der Waals surface area contributed by atoms with E-state index in [-0.39, 0.29) is 18.4 Å². The molecule has 1 heterocycles. The molecule has 1 saturated heterocycles. The first-order valence-electron chi connectivity index (χ1n) is 10.6. The van der Waals surface area contributed by atoms with Crippen LogP contribution >= 0.6 is 0 Å². The average Bonchev–Trinajstić information content (AvgIpc) is 2.62. The lowest BCUT2D eigenvalue weighted by atomic mass is 10.1. The maximum absolute atomic E-state index is 14.8. The molecule has 0 saturated carbocycles. The lowest BCUT2D eigenvalue weighted by Crippen LogP contribution is -2.49. The minimum absolute atomic E-state index is 0.0698. The number of aryl methyl sites for hydroxylation is 1. The van der Waals surface area contributed by atoms with E-state index >= 15 is 0 Å². The van der Waals surface area contributed by atoms with Crippen molar-refractivity contribution in [2.24, 2.45) is 0 Å². The molecule has 0 unspecified atom stereocenters. The van der Waals surface area contributed by atoms with Crippen molar-refractivity contribution in [3.63, 3.8) is 0 Å². The van der Waals surface area contributed by atoms with Gasteiger partial charge in [-0.05, 0) is 54.0 Å². The second-order valence-corrected chi connectivity index (χ2v) is 9.80. The first-order valence-corrected chi connectivity index (χ1v) is 10.6. The molecule has 0 aliphatic carbocycles. The highest BCUT2D eigenvalue weighted by molar-refractivity contribution is 5.71. The fourth-order valence-electron chi connectivity index (χ4n) is 3.13. The van der Waals surface area contributed by atoms with Crippen LogP contribution in [0.25, 0.3) is 0 Å². The minimum Gasteiger partial charge on any atom is -0.478 e. The van der Waals surface area contributed by atoms with Gasteiger partial charge < -0.3 is 19.1 Å². The molecule has 0 N–H and O–H groups in total. The van der Waals surface area contributed by atoms with Crippen LogP contribution in [0.3, 0.4) is 0 Å². The Kier molecular flexibility index (Phi) is 7.92. The van der Waals surface area contributed by atoms with Crippen LogP contribution in [0.1, 0.15) is 52.7 Å². The molecule has 1 aliphatic rings. The second-order valence-electron chi connectivity index (χ2n) is 9.80. The third-order valence-corrected chi connectivity index (χ3v) is 4.54. The van der Waals surface area contributed by atoms with Crippen molar-refractivity contribution in [2.45, 2.75) is 66.2 Å². The Labute approximate surface area is 184 Å². The molecule has 174 valence electrons. The molecule has 2 rings (SSSR count). The Morgan fingerprint density at radius 2 is 1.55 bits per heavy atom. The summed E-state index contributed by atoms with van der Waals surface area (Å²) in [6.45, 7) is 14.8. The first kappa shape index (κ1) is 24.9. The lowest BCUT2D eigenvalue weighted by molar-refractivity contribution is -0.157. The molecule has 0 spiro atoms. The van der Waals surface area contributed by atoms with Crippen molar-refractivity contribution in [3.8, 4) is 5.75 Å². The zero-order chi connectivity index (χ0) is 23.4. The van der Waals surface area contributed by atoms with E-state index in [4.69, 9.17) is 14.2 Å². The van der Waals surface area contributed by atoms with Gasteiger partial charge in [0.15, 0.2) is 18.2 Å². The molecule has 1 amide bonds. The molecule has 7 nitrogen and oxygen atoms in total. The van der Waals surface area contributed by atoms with Crippen LogP contribution in [0.5, 0.6) is 5.75 Å². The number of hydrogen-bond donors (Lipinski definition) is 0. The van der Waals surface area contributed by atoms with Crippen molar-refractivity contribution in [1.29, 1.82) is 0 Å². The normalized spacial score (nSPS) is 15.5. The van der Waals surface area contributed by atoms with Gasteiger partial charge >= 0.3 is 12.1 Å². The molecule has 1 aliphatic heterocycles. The fraction of sp³-hybridized carbons (Fsp3) is 0.652. The van der Waals surface area contributed by atoms with Gasteiger partial charge in [0.05, 0.1) is 0 Å². The fourth-order valence-corrected chi connectivity index (χ4v) is 3.13. The third kappa shape index (κ3) is 8.01. The predicted molar refractivity (Wildman–Crippen MR) is 116 cm³/mol. The lowest BCUT2D eigenvalue weighted by Gasteiger charge is -2.35. The predicted octanol–water partition coefficient (Wildman–Crippen LogP) is 3.91. The number of hydrogen-bond acceptors (Lipinski definition) is 6. The number of halogens is 1. The molecule has 31 heavy (non-hydrogen) atoms. The van der Waals surface area contributed by atoms with Gasteiger partial charge in [0.25, 0.3) is 0 Å². The van der Waals surface area contributed by atoms with Gasteiger partial charge in [-0.15, -0.1) is 0 Å². The highest BCUT2D eigenvalue weighted by atomic mass is 19.1. The summed E-state index contributed by atoms with van der Waals surface area (Å²) in [6, 6.07) is 3.50. The van der Waals surface area contributed by atoms with E-state index in [9.17, 15) is 14.0 Å². The van der Waals surface area contributed by atoms with Gasteiger partial charge in [-0.25, -0.2) is 14.0 Å². The zero-order valence-electron chi connectivity index (χ0n) is 19.7. The van der Waals surface area contributed by atoms with E-state index in [0.717, 1.165) is 0 Å². The van der Waals surface area contributed by atoms with Crippen LogP contribution in [-0.2, 0) is 20.8 Å². The minimum atomic E-state index is -0.637.